The van der Waals surface area contributed by atoms with Crippen molar-refractivity contribution in [3.63, 3.8) is 0 Å². The first-order valence-corrected chi connectivity index (χ1v) is 8.82. The Labute approximate surface area is 140 Å². The molecule has 0 aliphatic carbocycles. The molecule has 9 N–H and O–H groups in total. The molecule has 0 amide bonds. The molecule has 0 saturated heterocycles. The van der Waals surface area contributed by atoms with Crippen molar-refractivity contribution in [1.29, 1.82) is 0 Å². The van der Waals surface area contributed by atoms with E-state index in [9.17, 15) is 25.9 Å². The maximum atomic E-state index is 10.9. The summed E-state index contributed by atoms with van der Waals surface area (Å²) in [6.07, 6.45) is 0. The summed E-state index contributed by atoms with van der Waals surface area (Å²) < 4.78 is 65.2. The van der Waals surface area contributed by atoms with Crippen LogP contribution in [0.3, 0.4) is 0 Å². The molecule has 0 spiro atoms. The molecule has 9 nitrogen and oxygen atoms in total. The van der Waals surface area contributed by atoms with Gasteiger partial charge in [-0.05, 0) is 42.0 Å². The minimum atomic E-state index is -4.51. The molecule has 0 aromatic heterocycles. The quantitative estimate of drug-likeness (QED) is 0.659. The van der Waals surface area contributed by atoms with Crippen LogP contribution in [-0.2, 0) is 26.8 Å². The van der Waals surface area contributed by atoms with E-state index in [-0.39, 0.29) is 28.6 Å². The second-order valence-electron chi connectivity index (χ2n) is 4.43. The molecule has 0 atom stereocenters. The van der Waals surface area contributed by atoms with Gasteiger partial charge in [-0.25, -0.2) is 16.8 Å². The van der Waals surface area contributed by atoms with Crippen LogP contribution in [0.5, 0.6) is 0 Å². The molecule has 0 bridgehead atoms. The monoisotopic (exact) mass is 377 g/mol. The first kappa shape index (κ1) is 22.0. The van der Waals surface area contributed by atoms with E-state index in [4.69, 9.17) is 0 Å². The summed E-state index contributed by atoms with van der Waals surface area (Å²) in [5.41, 5.74) is 1.11. The van der Waals surface area contributed by atoms with Gasteiger partial charge in [-0.2, -0.15) is 0 Å². The fourth-order valence-electron chi connectivity index (χ4n) is 1.75. The summed E-state index contributed by atoms with van der Waals surface area (Å²) in [5.74, 6) is 0. The summed E-state index contributed by atoms with van der Waals surface area (Å²) >= 11 is 0. The highest BCUT2D eigenvalue weighted by Gasteiger charge is 2.03. The third-order valence-corrected chi connectivity index (χ3v) is 4.51. The van der Waals surface area contributed by atoms with Crippen LogP contribution >= 0.6 is 0 Å². The fraction of sp³-hybridized carbons (Fsp3) is 0.0769. The van der Waals surface area contributed by atoms with E-state index in [0.717, 1.165) is 0 Å². The Hall–Kier alpha value is -2.02. The normalized spacial score (nSPS) is 11.1. The maximum Gasteiger partial charge on any atom is 0.124 e. The lowest BCUT2D eigenvalue weighted by molar-refractivity contribution is 0.461. The predicted octanol–water partition coefficient (Wildman–Crippen LogP) is 1.86. The van der Waals surface area contributed by atoms with E-state index in [0.29, 0.717) is 11.3 Å². The molecule has 24 heavy (non-hydrogen) atoms. The zero-order valence-electron chi connectivity index (χ0n) is 13.1. The van der Waals surface area contributed by atoms with Gasteiger partial charge in [0, 0.05) is 12.2 Å². The molecule has 2 aromatic carbocycles. The molecule has 0 fully saturated rings. The van der Waals surface area contributed by atoms with Crippen molar-refractivity contribution in [3.05, 3.63) is 54.1 Å². The van der Waals surface area contributed by atoms with Crippen molar-refractivity contribution in [2.24, 2.45) is 0 Å². The Bertz CT molecular complexity index is 880. The largest absolute Gasteiger partial charge is 0.744 e. The number of quaternary nitrogens is 2. The summed E-state index contributed by atoms with van der Waals surface area (Å²) in [6, 6.07) is 10.7. The Morgan fingerprint density at radius 2 is 1.33 bits per heavy atom. The van der Waals surface area contributed by atoms with Crippen molar-refractivity contribution < 1.29 is 25.9 Å². The van der Waals surface area contributed by atoms with E-state index in [1.165, 1.54) is 42.5 Å². The molecule has 11 heteroatoms. The summed E-state index contributed by atoms with van der Waals surface area (Å²) in [5, 5.41) is 2.92. The molecular formula is C13H19N3O6S2. The molecular weight excluding hydrogens is 358 g/mol. The van der Waals surface area contributed by atoms with E-state index < -0.39 is 20.2 Å². The first-order valence-electron chi connectivity index (χ1n) is 6.01. The van der Waals surface area contributed by atoms with E-state index in [2.05, 4.69) is 5.32 Å². The van der Waals surface area contributed by atoms with Gasteiger partial charge in [-0.1, -0.05) is 12.1 Å². The lowest BCUT2D eigenvalue weighted by Crippen LogP contribution is -2.03. The minimum absolute atomic E-state index is 0. The second-order valence-corrected chi connectivity index (χ2v) is 7.19. The SMILES string of the molecule is O=S(=O)([O-])c1ccc(NCc2cccc(S(=O)(=O)[O-])c2)cc1.[NH4+].[NH4+]. The zero-order chi connectivity index (χ0) is 16.4. The Balaban J connectivity index is 0.00000264. The molecule has 134 valence electrons. The Morgan fingerprint density at radius 3 is 1.83 bits per heavy atom. The van der Waals surface area contributed by atoms with Crippen LogP contribution in [0.15, 0.2) is 58.3 Å². The zero-order valence-corrected chi connectivity index (χ0v) is 14.7. The number of nitrogens with one attached hydrogen (secondary N) is 1. The van der Waals surface area contributed by atoms with Crippen LogP contribution < -0.4 is 17.6 Å². The fourth-order valence-corrected chi connectivity index (χ4v) is 2.76. The molecule has 0 aliphatic heterocycles. The van der Waals surface area contributed by atoms with Gasteiger partial charge in [0.1, 0.15) is 20.2 Å². The van der Waals surface area contributed by atoms with Crippen molar-refractivity contribution >= 4 is 25.9 Å². The summed E-state index contributed by atoms with van der Waals surface area (Å²) in [6.45, 7) is 0.229. The van der Waals surface area contributed by atoms with Crippen molar-refractivity contribution in [2.75, 3.05) is 5.32 Å². The van der Waals surface area contributed by atoms with Gasteiger partial charge in [0.05, 0.1) is 9.79 Å². The minimum Gasteiger partial charge on any atom is -0.744 e. The van der Waals surface area contributed by atoms with Crippen molar-refractivity contribution in [3.8, 4) is 0 Å². The van der Waals surface area contributed by atoms with E-state index in [1.807, 2.05) is 0 Å². The Morgan fingerprint density at radius 1 is 0.792 bits per heavy atom. The van der Waals surface area contributed by atoms with Crippen molar-refractivity contribution in [2.45, 2.75) is 16.3 Å². The molecule has 2 rings (SSSR count). The molecule has 0 heterocycles. The molecule has 0 radical (unpaired) electrons. The van der Waals surface area contributed by atoms with E-state index in [1.54, 1.807) is 6.07 Å². The standard InChI is InChI=1S/C13H13NO6S2.2H3N/c15-21(16,17)12-6-4-11(5-7-12)14-9-10-2-1-3-13(8-10)22(18,19)20;;/h1-8,14H,9H2,(H,15,16,17)(H,18,19,20);2*1H3. The van der Waals surface area contributed by atoms with Gasteiger partial charge in [0.2, 0.25) is 0 Å². The van der Waals surface area contributed by atoms with Crippen LogP contribution in [0.4, 0.5) is 5.69 Å². The van der Waals surface area contributed by atoms with E-state index >= 15 is 0 Å². The second kappa shape index (κ2) is 8.19. The summed E-state index contributed by atoms with van der Waals surface area (Å²) in [4.78, 5) is -0.655. The lowest BCUT2D eigenvalue weighted by Gasteiger charge is -2.11. The van der Waals surface area contributed by atoms with Gasteiger partial charge >= 0.3 is 0 Å². The highest BCUT2D eigenvalue weighted by Crippen LogP contribution is 2.16. The molecule has 0 saturated carbocycles. The van der Waals surface area contributed by atoms with Gasteiger partial charge in [-0.3, -0.25) is 0 Å². The number of rotatable bonds is 5. The number of hydrogen-bond donors (Lipinski definition) is 3. The smallest absolute Gasteiger partial charge is 0.124 e. The first-order chi connectivity index (χ1) is 10.2. The maximum absolute atomic E-state index is 10.9. The summed E-state index contributed by atoms with van der Waals surface area (Å²) in [7, 11) is -9.00. The molecule has 2 aromatic rings. The van der Waals surface area contributed by atoms with Gasteiger partial charge in [0.25, 0.3) is 0 Å². The van der Waals surface area contributed by atoms with Crippen molar-refractivity contribution in [1.82, 2.24) is 12.3 Å². The van der Waals surface area contributed by atoms with Gasteiger partial charge in [-0.15, -0.1) is 0 Å². The third-order valence-electron chi connectivity index (χ3n) is 2.83. The average Bonchev–Trinajstić information content (AvgIpc) is 2.44. The van der Waals surface area contributed by atoms with Gasteiger partial charge < -0.3 is 26.7 Å². The highest BCUT2D eigenvalue weighted by molar-refractivity contribution is 7.86. The predicted molar refractivity (Wildman–Crippen MR) is 88.1 cm³/mol. The third kappa shape index (κ3) is 5.88. The number of benzene rings is 2. The number of anilines is 1. The highest BCUT2D eigenvalue weighted by atomic mass is 32.2. The Kier molecular flexibility index (Phi) is 7.50. The molecule has 0 unspecified atom stereocenters. The topological polar surface area (TPSA) is 199 Å². The van der Waals surface area contributed by atoms with Crippen LogP contribution in [0.25, 0.3) is 0 Å². The number of hydrogen-bond acceptors (Lipinski definition) is 7. The van der Waals surface area contributed by atoms with Crippen LogP contribution in [0.1, 0.15) is 5.56 Å². The average molecular weight is 377 g/mol. The van der Waals surface area contributed by atoms with Crippen LogP contribution in [-0.4, -0.2) is 25.9 Å². The van der Waals surface area contributed by atoms with Crippen LogP contribution in [0.2, 0.25) is 0 Å². The lowest BCUT2D eigenvalue weighted by atomic mass is 10.2. The molecule has 0 aliphatic rings. The van der Waals surface area contributed by atoms with Crippen LogP contribution in [0, 0.1) is 0 Å². The van der Waals surface area contributed by atoms with Gasteiger partial charge in [0.15, 0.2) is 0 Å².